The van der Waals surface area contributed by atoms with Crippen LogP contribution in [-0.4, -0.2) is 20.2 Å². The molecule has 2 aromatic carbocycles. The van der Waals surface area contributed by atoms with Crippen LogP contribution in [0.15, 0.2) is 59.5 Å². The van der Waals surface area contributed by atoms with Crippen molar-refractivity contribution in [3.8, 4) is 0 Å². The average Bonchev–Trinajstić information content (AvgIpc) is 2.58. The molecule has 0 amide bonds. The Morgan fingerprint density at radius 3 is 2.20 bits per heavy atom. The molecule has 1 atom stereocenters. The van der Waals surface area contributed by atoms with Gasteiger partial charge < -0.3 is 0 Å². The lowest BCUT2D eigenvalue weighted by Crippen LogP contribution is -2.40. The molecular formula is C19H25NO2S3. The monoisotopic (exact) mass is 395 g/mol. The van der Waals surface area contributed by atoms with Crippen molar-refractivity contribution in [2.75, 3.05) is 5.75 Å². The summed E-state index contributed by atoms with van der Waals surface area (Å²) in [4.78, 5) is 0.325. The van der Waals surface area contributed by atoms with Gasteiger partial charge in [-0.25, -0.2) is 13.1 Å². The lowest BCUT2D eigenvalue weighted by atomic mass is 10.1. The molecule has 0 fully saturated rings. The summed E-state index contributed by atoms with van der Waals surface area (Å²) in [6.45, 7) is 6.04. The smallest absolute Gasteiger partial charge is 0.207 e. The molecule has 0 bridgehead atoms. The van der Waals surface area contributed by atoms with Gasteiger partial charge in [-0.05, 0) is 30.5 Å². The van der Waals surface area contributed by atoms with E-state index in [1.807, 2.05) is 51.1 Å². The van der Waals surface area contributed by atoms with Gasteiger partial charge in [0.05, 0.1) is 4.90 Å². The highest BCUT2D eigenvalue weighted by molar-refractivity contribution is 8.76. The van der Waals surface area contributed by atoms with Crippen LogP contribution in [0.1, 0.15) is 25.0 Å². The molecule has 0 saturated heterocycles. The maximum absolute atomic E-state index is 12.6. The van der Waals surface area contributed by atoms with Crippen molar-refractivity contribution >= 4 is 31.6 Å². The van der Waals surface area contributed by atoms with Crippen molar-refractivity contribution in [1.29, 1.82) is 0 Å². The predicted molar refractivity (Wildman–Crippen MR) is 110 cm³/mol. The Labute approximate surface area is 159 Å². The van der Waals surface area contributed by atoms with Gasteiger partial charge in [0.25, 0.3) is 0 Å². The number of benzene rings is 2. The number of rotatable bonds is 9. The van der Waals surface area contributed by atoms with Crippen LogP contribution in [0.25, 0.3) is 0 Å². The second-order valence-electron chi connectivity index (χ2n) is 6.32. The van der Waals surface area contributed by atoms with Crippen LogP contribution in [0.5, 0.6) is 0 Å². The minimum atomic E-state index is -3.48. The van der Waals surface area contributed by atoms with Gasteiger partial charge in [0.15, 0.2) is 0 Å². The molecule has 0 aliphatic heterocycles. The second kappa shape index (κ2) is 9.67. The molecule has 0 heterocycles. The van der Waals surface area contributed by atoms with E-state index in [2.05, 4.69) is 16.9 Å². The van der Waals surface area contributed by atoms with Crippen LogP contribution in [0.4, 0.5) is 0 Å². The number of sulfonamides is 1. The summed E-state index contributed by atoms with van der Waals surface area (Å²) in [7, 11) is -0.0129. The summed E-state index contributed by atoms with van der Waals surface area (Å²) in [6, 6.07) is 17.2. The van der Waals surface area contributed by atoms with Gasteiger partial charge in [-0.1, -0.05) is 83.5 Å². The number of nitrogens with one attached hydrogen (secondary N) is 1. The third-order valence-electron chi connectivity index (χ3n) is 3.84. The minimum Gasteiger partial charge on any atom is -0.207 e. The van der Waals surface area contributed by atoms with Crippen LogP contribution in [-0.2, 0) is 15.8 Å². The zero-order valence-electron chi connectivity index (χ0n) is 14.8. The maximum atomic E-state index is 12.6. The van der Waals surface area contributed by atoms with E-state index in [0.29, 0.717) is 4.90 Å². The molecule has 0 radical (unpaired) electrons. The third kappa shape index (κ3) is 6.70. The Kier molecular flexibility index (Phi) is 7.87. The molecule has 136 valence electrons. The average molecular weight is 396 g/mol. The predicted octanol–water partition coefficient (Wildman–Crippen LogP) is 4.88. The van der Waals surface area contributed by atoms with Crippen molar-refractivity contribution in [3.63, 3.8) is 0 Å². The van der Waals surface area contributed by atoms with Crippen molar-refractivity contribution in [2.45, 2.75) is 37.5 Å². The van der Waals surface area contributed by atoms with E-state index in [4.69, 9.17) is 0 Å². The first kappa shape index (κ1) is 20.4. The van der Waals surface area contributed by atoms with Gasteiger partial charge in [-0.15, -0.1) is 0 Å². The highest BCUT2D eigenvalue weighted by Gasteiger charge is 2.22. The Morgan fingerprint density at radius 2 is 1.60 bits per heavy atom. The van der Waals surface area contributed by atoms with E-state index >= 15 is 0 Å². The summed E-state index contributed by atoms with van der Waals surface area (Å²) in [6.07, 6.45) is 0. The lowest BCUT2D eigenvalue weighted by molar-refractivity contribution is 0.482. The fourth-order valence-corrected chi connectivity index (χ4v) is 6.15. The van der Waals surface area contributed by atoms with Crippen molar-refractivity contribution in [2.24, 2.45) is 5.92 Å². The van der Waals surface area contributed by atoms with Gasteiger partial charge in [-0.2, -0.15) is 0 Å². The summed E-state index contributed by atoms with van der Waals surface area (Å²) >= 11 is 0. The van der Waals surface area contributed by atoms with E-state index < -0.39 is 10.0 Å². The zero-order valence-corrected chi connectivity index (χ0v) is 17.3. The van der Waals surface area contributed by atoms with E-state index in [-0.39, 0.29) is 12.0 Å². The first-order valence-electron chi connectivity index (χ1n) is 8.26. The lowest BCUT2D eigenvalue weighted by Gasteiger charge is -2.21. The van der Waals surface area contributed by atoms with Crippen molar-refractivity contribution in [1.82, 2.24) is 4.72 Å². The molecule has 3 nitrogen and oxygen atoms in total. The molecule has 2 aromatic rings. The zero-order chi connectivity index (χ0) is 18.3. The summed E-state index contributed by atoms with van der Waals surface area (Å²) in [5.41, 5.74) is 2.33. The van der Waals surface area contributed by atoms with Gasteiger partial charge in [-0.3, -0.25) is 0 Å². The normalized spacial score (nSPS) is 13.1. The van der Waals surface area contributed by atoms with Gasteiger partial charge in [0, 0.05) is 17.5 Å². The Morgan fingerprint density at radius 1 is 0.960 bits per heavy atom. The van der Waals surface area contributed by atoms with Crippen LogP contribution < -0.4 is 4.72 Å². The third-order valence-corrected chi connectivity index (χ3v) is 7.72. The second-order valence-corrected chi connectivity index (χ2v) is 10.5. The van der Waals surface area contributed by atoms with Crippen LogP contribution in [0.3, 0.4) is 0 Å². The van der Waals surface area contributed by atoms with E-state index in [1.54, 1.807) is 33.7 Å². The molecule has 0 spiro atoms. The minimum absolute atomic E-state index is 0.0976. The highest BCUT2D eigenvalue weighted by Crippen LogP contribution is 2.28. The summed E-state index contributed by atoms with van der Waals surface area (Å²) in [5, 5.41) is 0. The number of hydrogen-bond acceptors (Lipinski definition) is 4. The molecule has 2 rings (SSSR count). The SMILES string of the molecule is Cc1ccc(S(=O)(=O)N[C@H](CSSCc2ccccc2)C(C)C)cc1. The topological polar surface area (TPSA) is 46.2 Å². The summed E-state index contributed by atoms with van der Waals surface area (Å²) in [5.74, 6) is 1.88. The fraction of sp³-hybridized carbons (Fsp3) is 0.368. The molecule has 6 heteroatoms. The first-order valence-corrected chi connectivity index (χ1v) is 12.2. The van der Waals surface area contributed by atoms with Crippen LogP contribution in [0.2, 0.25) is 0 Å². The molecule has 0 saturated carbocycles. The van der Waals surface area contributed by atoms with E-state index in [1.165, 1.54) is 5.56 Å². The number of aryl methyl sites for hydroxylation is 1. The largest absolute Gasteiger partial charge is 0.240 e. The van der Waals surface area contributed by atoms with E-state index in [0.717, 1.165) is 17.1 Å². The number of hydrogen-bond donors (Lipinski definition) is 1. The van der Waals surface area contributed by atoms with Gasteiger partial charge in [0.1, 0.15) is 0 Å². The standard InChI is InChI=1S/C19H25NO2S3/c1-15(2)19(14-24-23-13-17-7-5-4-6-8-17)20-25(21,22)18-11-9-16(3)10-12-18/h4-12,15,19-20H,13-14H2,1-3H3/t19-/m1/s1. The van der Waals surface area contributed by atoms with Crippen LogP contribution in [0, 0.1) is 12.8 Å². The molecule has 0 aliphatic rings. The Bertz CT molecular complexity index is 744. The van der Waals surface area contributed by atoms with Crippen molar-refractivity contribution in [3.05, 3.63) is 65.7 Å². The molecule has 0 aliphatic carbocycles. The molecule has 25 heavy (non-hydrogen) atoms. The van der Waals surface area contributed by atoms with Crippen molar-refractivity contribution < 1.29 is 8.42 Å². The first-order chi connectivity index (χ1) is 11.9. The Hall–Kier alpha value is -0.950. The van der Waals surface area contributed by atoms with Gasteiger partial charge in [0.2, 0.25) is 10.0 Å². The maximum Gasteiger partial charge on any atom is 0.240 e. The molecular weight excluding hydrogens is 370 g/mol. The van der Waals surface area contributed by atoms with Gasteiger partial charge >= 0.3 is 0 Å². The van der Waals surface area contributed by atoms with Crippen LogP contribution >= 0.6 is 21.6 Å². The quantitative estimate of drug-likeness (QED) is 0.485. The Balaban J connectivity index is 1.90. The fourth-order valence-electron chi connectivity index (χ4n) is 2.15. The van der Waals surface area contributed by atoms with E-state index in [9.17, 15) is 8.42 Å². The molecule has 1 N–H and O–H groups in total. The molecule has 0 aromatic heterocycles. The highest BCUT2D eigenvalue weighted by atomic mass is 33.1. The molecule has 0 unspecified atom stereocenters. The summed E-state index contributed by atoms with van der Waals surface area (Å²) < 4.78 is 28.0.